The maximum atomic E-state index is 12.2. The third-order valence-corrected chi connectivity index (χ3v) is 4.23. The van der Waals surface area contributed by atoms with Crippen molar-refractivity contribution in [3.05, 3.63) is 35.9 Å². The number of carbonyl (C=O) groups excluding carboxylic acids is 2. The molecule has 24 heavy (non-hydrogen) atoms. The van der Waals surface area contributed by atoms with Gasteiger partial charge in [0.15, 0.2) is 11.5 Å². The van der Waals surface area contributed by atoms with Crippen LogP contribution in [0.5, 0.6) is 11.5 Å². The number of carboxylic acids is 1. The molecule has 6 nitrogen and oxygen atoms in total. The van der Waals surface area contributed by atoms with E-state index in [-0.39, 0.29) is 5.91 Å². The van der Waals surface area contributed by atoms with Crippen LogP contribution in [0.4, 0.5) is 0 Å². The third-order valence-electron chi connectivity index (χ3n) is 4.23. The Balaban J connectivity index is 1.90. The van der Waals surface area contributed by atoms with Gasteiger partial charge in [0, 0.05) is 24.3 Å². The van der Waals surface area contributed by atoms with Crippen molar-refractivity contribution in [1.29, 1.82) is 0 Å². The Morgan fingerprint density at radius 3 is 2.42 bits per heavy atom. The van der Waals surface area contributed by atoms with Gasteiger partial charge in [0.1, 0.15) is 0 Å². The van der Waals surface area contributed by atoms with Crippen LogP contribution in [-0.2, 0) is 16.0 Å². The van der Waals surface area contributed by atoms with E-state index >= 15 is 0 Å². The molecule has 0 fully saturated rings. The quantitative estimate of drug-likeness (QED) is 0.743. The van der Waals surface area contributed by atoms with Crippen LogP contribution >= 0.6 is 0 Å². The van der Waals surface area contributed by atoms with E-state index in [4.69, 9.17) is 9.47 Å². The average molecular weight is 332 g/mol. The second-order valence-corrected chi connectivity index (χ2v) is 5.71. The van der Waals surface area contributed by atoms with Gasteiger partial charge < -0.3 is 24.7 Å². The van der Waals surface area contributed by atoms with E-state index in [2.05, 4.69) is 5.32 Å². The van der Waals surface area contributed by atoms with Crippen molar-refractivity contribution in [3.8, 4) is 11.5 Å². The van der Waals surface area contributed by atoms with E-state index in [1.807, 2.05) is 24.3 Å². The summed E-state index contributed by atoms with van der Waals surface area (Å²) in [4.78, 5) is 23.4. The molecule has 1 N–H and O–H groups in total. The molecule has 0 aromatic heterocycles. The Labute approximate surface area is 141 Å². The SMILES string of the molecule is COc1ccc(CCNC(=O)[C@H]2CC=CC[C@H]2C(=O)[O-])cc1OC. The molecule has 0 aliphatic heterocycles. The molecule has 0 saturated heterocycles. The van der Waals surface area contributed by atoms with Gasteiger partial charge in [-0.2, -0.15) is 0 Å². The van der Waals surface area contributed by atoms with Crippen LogP contribution in [-0.4, -0.2) is 32.6 Å². The first-order valence-corrected chi connectivity index (χ1v) is 7.91. The number of hydrogen-bond acceptors (Lipinski definition) is 5. The summed E-state index contributed by atoms with van der Waals surface area (Å²) < 4.78 is 10.4. The minimum Gasteiger partial charge on any atom is -0.550 e. The van der Waals surface area contributed by atoms with Gasteiger partial charge in [-0.25, -0.2) is 0 Å². The first kappa shape index (κ1) is 17.8. The maximum Gasteiger partial charge on any atom is 0.224 e. The number of carbonyl (C=O) groups is 2. The number of hydrogen-bond donors (Lipinski definition) is 1. The van der Waals surface area contributed by atoms with Crippen molar-refractivity contribution in [2.24, 2.45) is 11.8 Å². The number of carboxylic acid groups (broad SMARTS) is 1. The minimum atomic E-state index is -1.17. The van der Waals surface area contributed by atoms with E-state index in [1.54, 1.807) is 20.3 Å². The highest BCUT2D eigenvalue weighted by atomic mass is 16.5. The van der Waals surface area contributed by atoms with Gasteiger partial charge in [-0.15, -0.1) is 0 Å². The molecule has 0 unspecified atom stereocenters. The minimum absolute atomic E-state index is 0.242. The zero-order chi connectivity index (χ0) is 17.5. The number of ether oxygens (including phenoxy) is 2. The molecule has 1 aliphatic carbocycles. The predicted octanol–water partition coefficient (Wildman–Crippen LogP) is 0.695. The molecule has 0 bridgehead atoms. The molecular weight excluding hydrogens is 310 g/mol. The number of aliphatic carboxylic acids is 1. The molecule has 130 valence electrons. The smallest absolute Gasteiger partial charge is 0.224 e. The van der Waals surface area contributed by atoms with Crippen LogP contribution in [0.3, 0.4) is 0 Å². The van der Waals surface area contributed by atoms with Crippen LogP contribution in [0, 0.1) is 11.8 Å². The van der Waals surface area contributed by atoms with Gasteiger partial charge >= 0.3 is 0 Å². The summed E-state index contributed by atoms with van der Waals surface area (Å²) in [7, 11) is 3.14. The molecule has 2 rings (SSSR count). The Kier molecular flexibility index (Phi) is 6.23. The summed E-state index contributed by atoms with van der Waals surface area (Å²) in [6.45, 7) is 0.425. The summed E-state index contributed by atoms with van der Waals surface area (Å²) in [6.07, 6.45) is 5.02. The molecule has 1 amide bonds. The van der Waals surface area contributed by atoms with E-state index in [1.165, 1.54) is 0 Å². The first-order valence-electron chi connectivity index (χ1n) is 7.91. The number of methoxy groups -OCH3 is 2. The van der Waals surface area contributed by atoms with Gasteiger partial charge in [0.2, 0.25) is 5.91 Å². The fourth-order valence-corrected chi connectivity index (χ4v) is 2.86. The van der Waals surface area contributed by atoms with E-state index < -0.39 is 17.8 Å². The van der Waals surface area contributed by atoms with Gasteiger partial charge in [0.25, 0.3) is 0 Å². The van der Waals surface area contributed by atoms with E-state index in [0.717, 1.165) is 5.56 Å². The summed E-state index contributed by atoms with van der Waals surface area (Å²) >= 11 is 0. The highest BCUT2D eigenvalue weighted by Crippen LogP contribution is 2.28. The monoisotopic (exact) mass is 332 g/mol. The molecule has 2 atom stereocenters. The van der Waals surface area contributed by atoms with Crippen LogP contribution in [0.1, 0.15) is 18.4 Å². The van der Waals surface area contributed by atoms with Crippen molar-refractivity contribution in [3.63, 3.8) is 0 Å². The molecule has 6 heteroatoms. The summed E-state index contributed by atoms with van der Waals surface area (Å²) in [6, 6.07) is 5.58. The summed E-state index contributed by atoms with van der Waals surface area (Å²) in [5, 5.41) is 14.0. The van der Waals surface area contributed by atoms with Crippen molar-refractivity contribution >= 4 is 11.9 Å². The molecule has 1 aliphatic rings. The van der Waals surface area contributed by atoms with E-state index in [0.29, 0.717) is 37.3 Å². The standard InChI is InChI=1S/C18H23NO5/c1-23-15-8-7-12(11-16(15)24-2)9-10-19-17(20)13-5-3-4-6-14(13)18(21)22/h3-4,7-8,11,13-14H,5-6,9-10H2,1-2H3,(H,19,20)(H,21,22)/p-1/t13-,14+/m0/s1. The zero-order valence-electron chi connectivity index (χ0n) is 13.9. The Morgan fingerprint density at radius 1 is 1.12 bits per heavy atom. The Bertz CT molecular complexity index is 626. The van der Waals surface area contributed by atoms with Gasteiger partial charge in [0.05, 0.1) is 14.2 Å². The average Bonchev–Trinajstić information content (AvgIpc) is 2.61. The number of rotatable bonds is 7. The largest absolute Gasteiger partial charge is 0.550 e. The fourth-order valence-electron chi connectivity index (χ4n) is 2.86. The molecule has 1 aromatic carbocycles. The lowest BCUT2D eigenvalue weighted by molar-refractivity contribution is -0.313. The normalized spacial score (nSPS) is 19.6. The topological polar surface area (TPSA) is 87.7 Å². The molecule has 0 radical (unpaired) electrons. The fraction of sp³-hybridized carbons (Fsp3) is 0.444. The van der Waals surface area contributed by atoms with Crippen LogP contribution in [0.25, 0.3) is 0 Å². The number of benzene rings is 1. The highest BCUT2D eigenvalue weighted by Gasteiger charge is 2.29. The third kappa shape index (κ3) is 4.28. The Morgan fingerprint density at radius 2 is 1.79 bits per heavy atom. The molecule has 0 heterocycles. The van der Waals surface area contributed by atoms with Crippen molar-refractivity contribution in [1.82, 2.24) is 5.32 Å². The van der Waals surface area contributed by atoms with Crippen LogP contribution < -0.4 is 19.9 Å². The number of amides is 1. The second kappa shape index (κ2) is 8.38. The molecular formula is C18H22NO5-. The summed E-state index contributed by atoms with van der Waals surface area (Å²) in [5.41, 5.74) is 0.993. The molecule has 0 saturated carbocycles. The lowest BCUT2D eigenvalue weighted by Crippen LogP contribution is -2.44. The van der Waals surface area contributed by atoms with E-state index in [9.17, 15) is 14.7 Å². The zero-order valence-corrected chi connectivity index (χ0v) is 13.9. The first-order chi connectivity index (χ1) is 11.6. The second-order valence-electron chi connectivity index (χ2n) is 5.71. The molecule has 1 aromatic rings. The van der Waals surface area contributed by atoms with Gasteiger partial charge in [-0.3, -0.25) is 4.79 Å². The van der Waals surface area contributed by atoms with Crippen molar-refractivity contribution in [2.75, 3.05) is 20.8 Å². The summed E-state index contributed by atoms with van der Waals surface area (Å²) in [5.74, 6) is -1.44. The molecule has 0 spiro atoms. The van der Waals surface area contributed by atoms with Crippen LogP contribution in [0.15, 0.2) is 30.4 Å². The number of allylic oxidation sites excluding steroid dienone is 2. The highest BCUT2D eigenvalue weighted by molar-refractivity contribution is 5.84. The van der Waals surface area contributed by atoms with Crippen molar-refractivity contribution < 1.29 is 24.2 Å². The lowest BCUT2D eigenvalue weighted by atomic mass is 9.82. The number of nitrogens with one attached hydrogen (secondary N) is 1. The maximum absolute atomic E-state index is 12.2. The van der Waals surface area contributed by atoms with Crippen LogP contribution in [0.2, 0.25) is 0 Å². The van der Waals surface area contributed by atoms with Gasteiger partial charge in [-0.05, 0) is 37.0 Å². The van der Waals surface area contributed by atoms with Crippen molar-refractivity contribution in [2.45, 2.75) is 19.3 Å². The predicted molar refractivity (Wildman–Crippen MR) is 86.6 cm³/mol. The van der Waals surface area contributed by atoms with Gasteiger partial charge in [-0.1, -0.05) is 18.2 Å². The Hall–Kier alpha value is -2.50. The lowest BCUT2D eigenvalue weighted by Gasteiger charge is -2.28.